The quantitative estimate of drug-likeness (QED) is 0.161. The van der Waals surface area contributed by atoms with Crippen molar-refractivity contribution in [3.05, 3.63) is 148 Å². The summed E-state index contributed by atoms with van der Waals surface area (Å²) in [5.41, 5.74) is 4.88. The molecule has 2 aromatic heterocycles. The maximum atomic E-state index is 14.4. The van der Waals surface area contributed by atoms with Crippen molar-refractivity contribution in [2.75, 3.05) is 25.6 Å². The van der Waals surface area contributed by atoms with Crippen LogP contribution in [0.25, 0.3) is 32.6 Å². The summed E-state index contributed by atoms with van der Waals surface area (Å²) in [7, 11) is 5.12. The van der Waals surface area contributed by atoms with Crippen molar-refractivity contribution in [3.8, 4) is 11.5 Å². The Morgan fingerprint density at radius 1 is 0.854 bits per heavy atom. The van der Waals surface area contributed by atoms with Crippen molar-refractivity contribution in [1.29, 1.82) is 0 Å². The zero-order valence-electron chi connectivity index (χ0n) is 27.0. The van der Waals surface area contributed by atoms with Crippen LogP contribution < -0.4 is 20.5 Å². The number of urea groups is 1. The topological polar surface area (TPSA) is 99.6 Å². The van der Waals surface area contributed by atoms with Crippen molar-refractivity contribution >= 4 is 44.3 Å². The van der Waals surface area contributed by atoms with Gasteiger partial charge in [0.05, 0.1) is 24.1 Å². The number of amides is 2. The number of para-hydroxylation sites is 3. The van der Waals surface area contributed by atoms with Crippen LogP contribution in [0, 0.1) is 0 Å². The van der Waals surface area contributed by atoms with Gasteiger partial charge in [-0.05, 0) is 59.3 Å². The molecule has 8 heteroatoms. The summed E-state index contributed by atoms with van der Waals surface area (Å²) in [5, 5.41) is 18.4. The lowest BCUT2D eigenvalue weighted by molar-refractivity contribution is 0.247. The number of hydrogen-bond donors (Lipinski definition) is 3. The Kier molecular flexibility index (Phi) is 8.07. The number of pyridine rings is 1. The number of aryl methyl sites for hydroxylation is 1. The largest absolute Gasteiger partial charge is 0.507 e. The molecule has 3 N–H and O–H groups in total. The highest BCUT2D eigenvalue weighted by Crippen LogP contribution is 2.44. The smallest absolute Gasteiger partial charge is 0.321 e. The minimum atomic E-state index is -0.686. The van der Waals surface area contributed by atoms with Gasteiger partial charge in [0, 0.05) is 53.7 Å². The molecule has 0 saturated heterocycles. The molecular formula is C40H36N4O4. The Bertz CT molecular complexity index is 2360. The van der Waals surface area contributed by atoms with Crippen LogP contribution >= 0.6 is 0 Å². The summed E-state index contributed by atoms with van der Waals surface area (Å²) >= 11 is 0. The van der Waals surface area contributed by atoms with Crippen LogP contribution in [0.2, 0.25) is 0 Å². The molecule has 0 aliphatic heterocycles. The molecule has 1 unspecified atom stereocenters. The Hall–Kier alpha value is -6.02. The Balaban J connectivity index is 1.42. The zero-order valence-corrected chi connectivity index (χ0v) is 27.0. The fraction of sp³-hybridized carbons (Fsp3) is 0.150. The Labute approximate surface area is 277 Å². The maximum Gasteiger partial charge on any atom is 0.321 e. The molecule has 0 bridgehead atoms. The van der Waals surface area contributed by atoms with Crippen LogP contribution in [0.3, 0.4) is 0 Å². The number of benzene rings is 5. The highest BCUT2D eigenvalue weighted by molar-refractivity contribution is 5.95. The van der Waals surface area contributed by atoms with Gasteiger partial charge in [0.1, 0.15) is 11.5 Å². The third-order valence-corrected chi connectivity index (χ3v) is 9.28. The van der Waals surface area contributed by atoms with E-state index in [1.807, 2.05) is 115 Å². The number of aromatic nitrogens is 2. The number of carbonyl (C=O) groups is 1. The molecule has 0 saturated carbocycles. The van der Waals surface area contributed by atoms with Gasteiger partial charge in [-0.1, -0.05) is 78.9 Å². The first-order valence-electron chi connectivity index (χ1n) is 15.9. The normalized spacial score (nSPS) is 12.0. The zero-order chi connectivity index (χ0) is 33.4. The monoisotopic (exact) mass is 636 g/mol. The molecule has 2 heterocycles. The van der Waals surface area contributed by atoms with Crippen LogP contribution in [-0.4, -0.2) is 41.4 Å². The predicted molar refractivity (Wildman–Crippen MR) is 193 cm³/mol. The molecule has 7 aromatic rings. The van der Waals surface area contributed by atoms with E-state index in [2.05, 4.69) is 10.3 Å². The van der Waals surface area contributed by atoms with Crippen molar-refractivity contribution in [3.63, 3.8) is 0 Å². The maximum absolute atomic E-state index is 14.4. The number of aromatic hydroxyl groups is 1. The molecule has 240 valence electrons. The van der Waals surface area contributed by atoms with E-state index in [9.17, 15) is 14.7 Å². The van der Waals surface area contributed by atoms with Gasteiger partial charge < -0.3 is 24.7 Å². The molecular weight excluding hydrogens is 600 g/mol. The third kappa shape index (κ3) is 5.21. The molecule has 2 amide bonds. The molecule has 7 rings (SSSR count). The van der Waals surface area contributed by atoms with Gasteiger partial charge in [-0.3, -0.25) is 9.69 Å². The van der Waals surface area contributed by atoms with E-state index in [0.29, 0.717) is 29.6 Å². The van der Waals surface area contributed by atoms with E-state index in [1.165, 1.54) is 0 Å². The van der Waals surface area contributed by atoms with Gasteiger partial charge in [-0.25, -0.2) is 4.79 Å². The van der Waals surface area contributed by atoms with Gasteiger partial charge in [0.2, 0.25) is 0 Å². The number of fused-ring (bicyclic) bond motifs is 3. The van der Waals surface area contributed by atoms with E-state index in [-0.39, 0.29) is 22.9 Å². The van der Waals surface area contributed by atoms with E-state index < -0.39 is 5.92 Å². The van der Waals surface area contributed by atoms with E-state index in [0.717, 1.165) is 44.2 Å². The fourth-order valence-electron chi connectivity index (χ4n) is 6.86. The summed E-state index contributed by atoms with van der Waals surface area (Å²) in [6.07, 6.45) is 0.479. The number of hydrogen-bond acceptors (Lipinski definition) is 4. The number of rotatable bonds is 8. The first-order valence-corrected chi connectivity index (χ1v) is 15.9. The first kappa shape index (κ1) is 30.6. The molecule has 0 spiro atoms. The van der Waals surface area contributed by atoms with E-state index >= 15 is 0 Å². The number of nitrogens with zero attached hydrogens (tertiary/aromatic N) is 2. The number of anilines is 1. The lowest BCUT2D eigenvalue weighted by Crippen LogP contribution is -2.38. The van der Waals surface area contributed by atoms with Crippen LogP contribution in [0.4, 0.5) is 10.5 Å². The fourth-order valence-corrected chi connectivity index (χ4v) is 6.86. The minimum Gasteiger partial charge on any atom is -0.507 e. The van der Waals surface area contributed by atoms with Gasteiger partial charge in [-0.2, -0.15) is 0 Å². The third-order valence-electron chi connectivity index (χ3n) is 9.28. The molecule has 1 atom stereocenters. The average molecular weight is 637 g/mol. The molecule has 0 aliphatic carbocycles. The number of aromatic amines is 1. The van der Waals surface area contributed by atoms with Crippen molar-refractivity contribution < 1.29 is 14.6 Å². The number of carbonyl (C=O) groups excluding carboxylic acids is 1. The summed E-state index contributed by atoms with van der Waals surface area (Å²) in [4.78, 5) is 32.8. The van der Waals surface area contributed by atoms with E-state index in [4.69, 9.17) is 4.74 Å². The second-order valence-corrected chi connectivity index (χ2v) is 11.9. The van der Waals surface area contributed by atoms with Gasteiger partial charge in [0.15, 0.2) is 0 Å². The van der Waals surface area contributed by atoms with Crippen LogP contribution in [0.1, 0.15) is 28.3 Å². The van der Waals surface area contributed by atoms with Gasteiger partial charge >= 0.3 is 6.03 Å². The Morgan fingerprint density at radius 3 is 2.25 bits per heavy atom. The number of ether oxygens (including phenoxy) is 1. The van der Waals surface area contributed by atoms with E-state index in [1.54, 1.807) is 30.7 Å². The molecule has 0 fully saturated rings. The minimum absolute atomic E-state index is 0.0546. The van der Waals surface area contributed by atoms with Crippen LogP contribution in [0.15, 0.2) is 120 Å². The van der Waals surface area contributed by atoms with Crippen LogP contribution in [0.5, 0.6) is 11.5 Å². The lowest BCUT2D eigenvalue weighted by Gasteiger charge is -2.24. The second kappa shape index (κ2) is 12.6. The van der Waals surface area contributed by atoms with Crippen molar-refractivity contribution in [1.82, 2.24) is 14.9 Å². The van der Waals surface area contributed by atoms with Crippen molar-refractivity contribution in [2.24, 2.45) is 7.05 Å². The molecule has 8 nitrogen and oxygen atoms in total. The standard InChI is InChI=1S/C40H36N4O4/c1-43(25-13-5-4-6-14-25)40(47)41-24-23-30-27-16-9-11-19-32(27)42-37(30)35(29-21-22-34(48-3)28-17-8-7-15-26(28)29)36-38(45)31-18-10-12-20-33(31)44(2)39(36)46/h4-22,35,42,45H,23-24H2,1-3H3,(H,41,47). The highest BCUT2D eigenvalue weighted by atomic mass is 16.5. The second-order valence-electron chi connectivity index (χ2n) is 11.9. The Morgan fingerprint density at radius 2 is 1.50 bits per heavy atom. The predicted octanol–water partition coefficient (Wildman–Crippen LogP) is 7.46. The van der Waals surface area contributed by atoms with Gasteiger partial charge in [0.25, 0.3) is 5.56 Å². The number of nitrogens with one attached hydrogen (secondary N) is 2. The summed E-state index contributed by atoms with van der Waals surface area (Å²) < 4.78 is 7.33. The molecule has 48 heavy (non-hydrogen) atoms. The summed E-state index contributed by atoms with van der Waals surface area (Å²) in [6, 6.07) is 36.5. The number of H-pyrrole nitrogens is 1. The summed E-state index contributed by atoms with van der Waals surface area (Å²) in [6.45, 7) is 0.350. The molecule has 0 radical (unpaired) electrons. The molecule has 0 aliphatic rings. The van der Waals surface area contributed by atoms with Crippen molar-refractivity contribution in [2.45, 2.75) is 12.3 Å². The average Bonchev–Trinajstić information content (AvgIpc) is 3.50. The first-order chi connectivity index (χ1) is 23.4. The number of methoxy groups -OCH3 is 1. The lowest BCUT2D eigenvalue weighted by atomic mass is 9.82. The molecule has 5 aromatic carbocycles. The van der Waals surface area contributed by atoms with Crippen LogP contribution in [-0.2, 0) is 13.5 Å². The SMILES string of the molecule is COc1ccc(C(c2[nH]c3ccccc3c2CCNC(=O)N(C)c2ccccc2)c2c(O)c3ccccc3n(C)c2=O)c2ccccc12. The summed E-state index contributed by atoms with van der Waals surface area (Å²) in [5.74, 6) is -0.0268. The van der Waals surface area contributed by atoms with Gasteiger partial charge in [-0.15, -0.1) is 0 Å². The highest BCUT2D eigenvalue weighted by Gasteiger charge is 2.31.